The Labute approximate surface area is 153 Å². The zero-order valence-electron chi connectivity index (χ0n) is 14.3. The molecule has 0 spiro atoms. The van der Waals surface area contributed by atoms with Gasteiger partial charge in [-0.05, 0) is 30.3 Å². The van der Waals surface area contributed by atoms with Gasteiger partial charge in [-0.2, -0.15) is 0 Å². The normalized spacial score (nSPS) is 11.0. The molecule has 4 aromatic rings. The molecule has 0 saturated carbocycles. The highest BCUT2D eigenvalue weighted by Crippen LogP contribution is 2.19. The summed E-state index contributed by atoms with van der Waals surface area (Å²) in [6.45, 7) is 0.285. The van der Waals surface area contributed by atoms with E-state index in [2.05, 4.69) is 15.5 Å². The van der Waals surface area contributed by atoms with Gasteiger partial charge >= 0.3 is 5.63 Å². The number of aromatic nitrogens is 3. The van der Waals surface area contributed by atoms with E-state index >= 15 is 0 Å². The van der Waals surface area contributed by atoms with Crippen LogP contribution in [0, 0.1) is 0 Å². The maximum atomic E-state index is 12.0. The van der Waals surface area contributed by atoms with Gasteiger partial charge < -0.3 is 14.5 Å². The standard InChI is InChI=1S/C19H16N4O4/c24-18(20-9-8-17-22-21-16-3-1-2-10-23(16)17)12-26-14-6-4-13-5-7-19(25)27-15(13)11-14/h1-7,10-11H,8-9,12H2,(H,20,24). The Morgan fingerprint density at radius 3 is 2.96 bits per heavy atom. The molecule has 0 saturated heterocycles. The zero-order chi connectivity index (χ0) is 18.6. The van der Waals surface area contributed by atoms with Gasteiger partial charge in [0.1, 0.15) is 17.2 Å². The number of amides is 1. The number of ether oxygens (including phenoxy) is 1. The van der Waals surface area contributed by atoms with Crippen molar-refractivity contribution in [3.05, 3.63) is 71.0 Å². The molecule has 0 unspecified atom stereocenters. The fourth-order valence-corrected chi connectivity index (χ4v) is 2.71. The van der Waals surface area contributed by atoms with Crippen molar-refractivity contribution in [2.45, 2.75) is 6.42 Å². The highest BCUT2D eigenvalue weighted by Gasteiger charge is 2.07. The summed E-state index contributed by atoms with van der Waals surface area (Å²) in [6, 6.07) is 13.8. The van der Waals surface area contributed by atoms with Crippen LogP contribution in [-0.4, -0.2) is 33.7 Å². The van der Waals surface area contributed by atoms with Crippen LogP contribution in [0.3, 0.4) is 0 Å². The lowest BCUT2D eigenvalue weighted by atomic mass is 10.2. The zero-order valence-corrected chi connectivity index (χ0v) is 14.3. The Morgan fingerprint density at radius 2 is 2.04 bits per heavy atom. The van der Waals surface area contributed by atoms with Gasteiger partial charge in [0.25, 0.3) is 5.91 Å². The smallest absolute Gasteiger partial charge is 0.336 e. The van der Waals surface area contributed by atoms with Gasteiger partial charge in [0.2, 0.25) is 0 Å². The van der Waals surface area contributed by atoms with Gasteiger partial charge in [-0.15, -0.1) is 10.2 Å². The van der Waals surface area contributed by atoms with E-state index in [-0.39, 0.29) is 12.5 Å². The lowest BCUT2D eigenvalue weighted by Crippen LogP contribution is -2.30. The summed E-state index contributed by atoms with van der Waals surface area (Å²) < 4.78 is 12.4. The predicted octanol–water partition coefficient (Wildman–Crippen LogP) is 1.57. The van der Waals surface area contributed by atoms with Crippen LogP contribution in [0.15, 0.2) is 63.9 Å². The number of rotatable bonds is 6. The molecule has 3 aromatic heterocycles. The van der Waals surface area contributed by atoms with E-state index in [1.54, 1.807) is 24.3 Å². The number of nitrogens with one attached hydrogen (secondary N) is 1. The first kappa shape index (κ1) is 16.8. The molecule has 0 atom stereocenters. The van der Waals surface area contributed by atoms with Gasteiger partial charge in [-0.1, -0.05) is 6.07 Å². The molecule has 0 bridgehead atoms. The summed E-state index contributed by atoms with van der Waals surface area (Å²) in [7, 11) is 0. The maximum Gasteiger partial charge on any atom is 0.336 e. The molecule has 0 fully saturated rings. The maximum absolute atomic E-state index is 12.0. The van der Waals surface area contributed by atoms with E-state index in [9.17, 15) is 9.59 Å². The van der Waals surface area contributed by atoms with Gasteiger partial charge in [-0.3, -0.25) is 9.20 Å². The summed E-state index contributed by atoms with van der Waals surface area (Å²) in [5, 5.41) is 11.8. The molecule has 0 radical (unpaired) electrons. The molecular formula is C19H16N4O4. The van der Waals surface area contributed by atoms with Crippen molar-refractivity contribution in [1.82, 2.24) is 19.9 Å². The number of hydrogen-bond donors (Lipinski definition) is 1. The topological polar surface area (TPSA) is 98.7 Å². The first-order valence-corrected chi connectivity index (χ1v) is 8.41. The highest BCUT2D eigenvalue weighted by molar-refractivity contribution is 5.79. The number of benzene rings is 1. The molecule has 0 aliphatic heterocycles. The molecule has 136 valence electrons. The van der Waals surface area contributed by atoms with Crippen molar-refractivity contribution in [2.24, 2.45) is 0 Å². The van der Waals surface area contributed by atoms with Crippen molar-refractivity contribution in [3.8, 4) is 5.75 Å². The fourth-order valence-electron chi connectivity index (χ4n) is 2.71. The summed E-state index contributed by atoms with van der Waals surface area (Å²) in [5.41, 5.74) is 0.752. The second-order valence-corrected chi connectivity index (χ2v) is 5.89. The second kappa shape index (κ2) is 7.28. The van der Waals surface area contributed by atoms with E-state index < -0.39 is 5.63 Å². The summed E-state index contributed by atoms with van der Waals surface area (Å²) in [4.78, 5) is 23.2. The van der Waals surface area contributed by atoms with Gasteiger partial charge in [0.05, 0.1) is 0 Å². The fraction of sp³-hybridized carbons (Fsp3) is 0.158. The van der Waals surface area contributed by atoms with E-state index in [4.69, 9.17) is 9.15 Å². The molecule has 1 amide bonds. The molecule has 1 aromatic carbocycles. The van der Waals surface area contributed by atoms with Crippen molar-refractivity contribution in [3.63, 3.8) is 0 Å². The number of pyridine rings is 1. The van der Waals surface area contributed by atoms with Crippen molar-refractivity contribution >= 4 is 22.5 Å². The Bertz CT molecular complexity index is 1170. The van der Waals surface area contributed by atoms with Gasteiger partial charge in [0, 0.05) is 36.7 Å². The van der Waals surface area contributed by atoms with Crippen LogP contribution in [0.2, 0.25) is 0 Å². The average Bonchev–Trinajstić information content (AvgIpc) is 3.09. The Kier molecular flexibility index (Phi) is 4.52. The molecule has 1 N–H and O–H groups in total. The lowest BCUT2D eigenvalue weighted by molar-refractivity contribution is -0.123. The number of carbonyl (C=O) groups is 1. The summed E-state index contributed by atoms with van der Waals surface area (Å²) in [6.07, 6.45) is 2.44. The average molecular weight is 364 g/mol. The summed E-state index contributed by atoms with van der Waals surface area (Å²) in [5.74, 6) is 0.977. The minimum Gasteiger partial charge on any atom is -0.484 e. The quantitative estimate of drug-likeness (QED) is 0.522. The molecule has 8 nitrogen and oxygen atoms in total. The molecule has 4 rings (SSSR count). The minimum atomic E-state index is -0.432. The van der Waals surface area contributed by atoms with E-state index in [1.807, 2.05) is 28.8 Å². The molecule has 0 aliphatic carbocycles. The first-order chi connectivity index (χ1) is 13.2. The molecule has 8 heteroatoms. The third-order valence-electron chi connectivity index (χ3n) is 4.02. The molecule has 27 heavy (non-hydrogen) atoms. The van der Waals surface area contributed by atoms with Crippen LogP contribution in [0.5, 0.6) is 5.75 Å². The largest absolute Gasteiger partial charge is 0.484 e. The first-order valence-electron chi connectivity index (χ1n) is 8.41. The van der Waals surface area contributed by atoms with Gasteiger partial charge in [-0.25, -0.2) is 4.79 Å². The monoisotopic (exact) mass is 364 g/mol. The van der Waals surface area contributed by atoms with Crippen molar-refractivity contribution in [2.75, 3.05) is 13.2 Å². The van der Waals surface area contributed by atoms with Crippen LogP contribution >= 0.6 is 0 Å². The van der Waals surface area contributed by atoms with Crippen LogP contribution in [0.4, 0.5) is 0 Å². The molecular weight excluding hydrogens is 348 g/mol. The van der Waals surface area contributed by atoms with E-state index in [0.29, 0.717) is 24.3 Å². The molecule has 0 aliphatic rings. The number of nitrogens with zero attached hydrogens (tertiary/aromatic N) is 3. The highest BCUT2D eigenvalue weighted by atomic mass is 16.5. The second-order valence-electron chi connectivity index (χ2n) is 5.89. The van der Waals surface area contributed by atoms with Crippen molar-refractivity contribution < 1.29 is 13.9 Å². The number of carbonyl (C=O) groups excluding carboxylic acids is 1. The third-order valence-corrected chi connectivity index (χ3v) is 4.02. The predicted molar refractivity (Wildman–Crippen MR) is 97.7 cm³/mol. The minimum absolute atomic E-state index is 0.136. The number of fused-ring (bicyclic) bond motifs is 2. The SMILES string of the molecule is O=C(COc1ccc2ccc(=O)oc2c1)NCCc1nnc2ccccn12. The Hall–Kier alpha value is -3.68. The van der Waals surface area contributed by atoms with E-state index in [0.717, 1.165) is 16.9 Å². The van der Waals surface area contributed by atoms with Crippen LogP contribution in [0.1, 0.15) is 5.82 Å². The van der Waals surface area contributed by atoms with E-state index in [1.165, 1.54) is 6.07 Å². The number of hydrogen-bond acceptors (Lipinski definition) is 6. The third kappa shape index (κ3) is 3.79. The lowest BCUT2D eigenvalue weighted by Gasteiger charge is -2.07. The van der Waals surface area contributed by atoms with Gasteiger partial charge in [0.15, 0.2) is 12.3 Å². The van der Waals surface area contributed by atoms with Crippen LogP contribution in [0.25, 0.3) is 16.6 Å². The van der Waals surface area contributed by atoms with Crippen LogP contribution < -0.4 is 15.7 Å². The van der Waals surface area contributed by atoms with Crippen LogP contribution in [-0.2, 0) is 11.2 Å². The Balaban J connectivity index is 1.30. The van der Waals surface area contributed by atoms with Crippen molar-refractivity contribution in [1.29, 1.82) is 0 Å². The summed E-state index contributed by atoms with van der Waals surface area (Å²) >= 11 is 0. The molecule has 3 heterocycles. The Morgan fingerprint density at radius 1 is 1.15 bits per heavy atom.